The summed E-state index contributed by atoms with van der Waals surface area (Å²) in [6.07, 6.45) is -5.00. The number of carbonyl (C=O) groups is 1. The third-order valence-electron chi connectivity index (χ3n) is 3.20. The third-order valence-corrected chi connectivity index (χ3v) is 5.02. The van der Waals surface area contributed by atoms with E-state index in [1.165, 1.54) is 0 Å². The first-order chi connectivity index (χ1) is 10.1. The molecule has 118 valence electrons. The Kier molecular flexibility index (Phi) is 3.88. The summed E-state index contributed by atoms with van der Waals surface area (Å²) in [6, 6.07) is 3.58. The molecule has 1 aromatic rings. The van der Waals surface area contributed by atoms with E-state index < -0.39 is 44.1 Å². The van der Waals surface area contributed by atoms with Gasteiger partial charge in [-0.3, -0.25) is 0 Å². The van der Waals surface area contributed by atoms with Crippen molar-refractivity contribution in [1.82, 2.24) is 4.31 Å². The van der Waals surface area contributed by atoms with Gasteiger partial charge in [0.2, 0.25) is 10.0 Å². The Bertz CT molecular complexity index is 762. The molecule has 22 heavy (non-hydrogen) atoms. The van der Waals surface area contributed by atoms with Gasteiger partial charge in [0.05, 0.1) is 28.0 Å². The summed E-state index contributed by atoms with van der Waals surface area (Å²) in [4.78, 5) is 10.2. The number of nitriles is 1. The van der Waals surface area contributed by atoms with Crippen LogP contribution in [-0.4, -0.2) is 36.9 Å². The predicted octanol–water partition coefficient (Wildman–Crippen LogP) is 1.55. The number of hydrogen-bond acceptors (Lipinski definition) is 4. The van der Waals surface area contributed by atoms with Gasteiger partial charge in [0, 0.05) is 13.1 Å². The Balaban J connectivity index is 2.46. The molecule has 0 atom stereocenters. The van der Waals surface area contributed by atoms with Gasteiger partial charge in [-0.1, -0.05) is 0 Å². The second-order valence-corrected chi connectivity index (χ2v) is 6.60. The molecular weight excluding hydrogens is 325 g/mol. The number of benzene rings is 1. The number of nitrogens with zero attached hydrogens (tertiary/aromatic N) is 2. The fourth-order valence-electron chi connectivity index (χ4n) is 1.97. The molecule has 0 aliphatic carbocycles. The van der Waals surface area contributed by atoms with Crippen molar-refractivity contribution in [3.05, 3.63) is 29.3 Å². The fourth-order valence-corrected chi connectivity index (χ4v) is 3.53. The van der Waals surface area contributed by atoms with Gasteiger partial charge in [0.1, 0.15) is 0 Å². The highest BCUT2D eigenvalue weighted by Crippen LogP contribution is 2.35. The number of sulfonamides is 1. The average molecular weight is 334 g/mol. The van der Waals surface area contributed by atoms with Crippen molar-refractivity contribution >= 4 is 16.0 Å². The zero-order chi connectivity index (χ0) is 16.7. The molecule has 1 aromatic carbocycles. The minimum atomic E-state index is -5.00. The summed E-state index contributed by atoms with van der Waals surface area (Å²) in [5.41, 5.74) is -2.55. The Morgan fingerprint density at radius 3 is 2.41 bits per heavy atom. The van der Waals surface area contributed by atoms with E-state index in [1.54, 1.807) is 0 Å². The predicted molar refractivity (Wildman–Crippen MR) is 66.3 cm³/mol. The third kappa shape index (κ3) is 2.77. The molecule has 1 saturated heterocycles. The first-order valence-corrected chi connectivity index (χ1v) is 7.35. The quantitative estimate of drug-likeness (QED) is 0.904. The van der Waals surface area contributed by atoms with E-state index in [0.717, 1.165) is 10.4 Å². The minimum absolute atomic E-state index is 0.0964. The van der Waals surface area contributed by atoms with Gasteiger partial charge in [-0.15, -0.1) is 0 Å². The molecule has 0 spiro atoms. The number of rotatable bonds is 3. The van der Waals surface area contributed by atoms with Crippen LogP contribution >= 0.6 is 0 Å². The SMILES string of the molecule is N#CC1CN(S(=O)(=O)c2ccc(C(=O)O)c(C(F)(F)F)c2)C1. The number of carboxylic acids is 1. The molecule has 0 bridgehead atoms. The number of hydrogen-bond donors (Lipinski definition) is 1. The highest BCUT2D eigenvalue weighted by Gasteiger charge is 2.40. The lowest BCUT2D eigenvalue weighted by Crippen LogP contribution is -2.49. The molecule has 0 amide bonds. The van der Waals surface area contributed by atoms with Crippen LogP contribution in [-0.2, 0) is 16.2 Å². The maximum atomic E-state index is 12.9. The number of aromatic carboxylic acids is 1. The second-order valence-electron chi connectivity index (χ2n) is 4.66. The highest BCUT2D eigenvalue weighted by molar-refractivity contribution is 7.89. The number of carboxylic acid groups (broad SMARTS) is 1. The van der Waals surface area contributed by atoms with Gasteiger partial charge in [-0.05, 0) is 18.2 Å². The van der Waals surface area contributed by atoms with Gasteiger partial charge in [-0.25, -0.2) is 13.2 Å². The van der Waals surface area contributed by atoms with E-state index in [2.05, 4.69) is 0 Å². The van der Waals surface area contributed by atoms with Crippen LogP contribution < -0.4 is 0 Å². The zero-order valence-electron chi connectivity index (χ0n) is 10.8. The van der Waals surface area contributed by atoms with Crippen molar-refractivity contribution in [2.45, 2.75) is 11.1 Å². The van der Waals surface area contributed by atoms with E-state index >= 15 is 0 Å². The topological polar surface area (TPSA) is 98.5 Å². The number of halogens is 3. The summed E-state index contributed by atoms with van der Waals surface area (Å²) >= 11 is 0. The average Bonchev–Trinajstić information content (AvgIpc) is 2.35. The maximum absolute atomic E-state index is 12.9. The Hall–Kier alpha value is -2.12. The number of alkyl halides is 3. The monoisotopic (exact) mass is 334 g/mol. The summed E-state index contributed by atoms with van der Waals surface area (Å²) in [5.74, 6) is -2.29. The van der Waals surface area contributed by atoms with Crippen LogP contribution in [0.1, 0.15) is 15.9 Å². The van der Waals surface area contributed by atoms with E-state index in [9.17, 15) is 26.4 Å². The van der Waals surface area contributed by atoms with Gasteiger partial charge < -0.3 is 5.11 Å². The molecule has 2 rings (SSSR count). The molecule has 1 aliphatic rings. The van der Waals surface area contributed by atoms with Crippen molar-refractivity contribution in [3.8, 4) is 6.07 Å². The smallest absolute Gasteiger partial charge is 0.417 e. The molecule has 10 heteroatoms. The summed E-state index contributed by atoms with van der Waals surface area (Å²) in [7, 11) is -4.18. The van der Waals surface area contributed by atoms with Crippen LogP contribution in [0.5, 0.6) is 0 Å². The molecule has 0 radical (unpaired) electrons. The summed E-state index contributed by atoms with van der Waals surface area (Å²) in [6.45, 7) is -0.193. The summed E-state index contributed by atoms with van der Waals surface area (Å²) < 4.78 is 63.8. The molecule has 6 nitrogen and oxygen atoms in total. The Morgan fingerprint density at radius 2 is 1.95 bits per heavy atom. The normalized spacial score (nSPS) is 16.8. The molecule has 1 aliphatic heterocycles. The van der Waals surface area contributed by atoms with Crippen LogP contribution in [0.25, 0.3) is 0 Å². The molecule has 1 N–H and O–H groups in total. The largest absolute Gasteiger partial charge is 0.478 e. The van der Waals surface area contributed by atoms with Gasteiger partial charge in [-0.2, -0.15) is 22.7 Å². The van der Waals surface area contributed by atoms with Crippen molar-refractivity contribution in [1.29, 1.82) is 5.26 Å². The Labute approximate surface area is 123 Å². The molecule has 0 aromatic heterocycles. The van der Waals surface area contributed by atoms with Crippen molar-refractivity contribution in [2.24, 2.45) is 5.92 Å². The molecule has 1 heterocycles. The van der Waals surface area contributed by atoms with Crippen LogP contribution in [0.3, 0.4) is 0 Å². The standard InChI is InChI=1S/C12H9F3N2O4S/c13-12(14,15)10-3-8(1-2-9(10)11(18)19)22(20,21)17-5-7(4-16)6-17/h1-3,7H,5-6H2,(H,18,19). The lowest BCUT2D eigenvalue weighted by Gasteiger charge is -2.34. The molecule has 1 fully saturated rings. The summed E-state index contributed by atoms with van der Waals surface area (Å²) in [5, 5.41) is 17.4. The lowest BCUT2D eigenvalue weighted by atomic mass is 10.1. The second kappa shape index (κ2) is 5.26. The zero-order valence-corrected chi connectivity index (χ0v) is 11.6. The van der Waals surface area contributed by atoms with Crippen molar-refractivity contribution in [2.75, 3.05) is 13.1 Å². The molecular formula is C12H9F3N2O4S. The first kappa shape index (κ1) is 16.3. The Morgan fingerprint density at radius 1 is 1.36 bits per heavy atom. The van der Waals surface area contributed by atoms with Crippen LogP contribution in [0.4, 0.5) is 13.2 Å². The van der Waals surface area contributed by atoms with Crippen molar-refractivity contribution in [3.63, 3.8) is 0 Å². The van der Waals surface area contributed by atoms with E-state index in [-0.39, 0.29) is 13.1 Å². The van der Waals surface area contributed by atoms with Gasteiger partial charge in [0.15, 0.2) is 0 Å². The molecule has 0 unspecified atom stereocenters. The van der Waals surface area contributed by atoms with Crippen LogP contribution in [0.15, 0.2) is 23.1 Å². The highest BCUT2D eigenvalue weighted by atomic mass is 32.2. The van der Waals surface area contributed by atoms with Crippen LogP contribution in [0.2, 0.25) is 0 Å². The lowest BCUT2D eigenvalue weighted by molar-refractivity contribution is -0.138. The fraction of sp³-hybridized carbons (Fsp3) is 0.333. The van der Waals surface area contributed by atoms with Crippen LogP contribution in [0, 0.1) is 17.2 Å². The minimum Gasteiger partial charge on any atom is -0.478 e. The van der Waals surface area contributed by atoms with E-state index in [0.29, 0.717) is 12.1 Å². The van der Waals surface area contributed by atoms with Gasteiger partial charge >= 0.3 is 12.1 Å². The van der Waals surface area contributed by atoms with Crippen molar-refractivity contribution < 1.29 is 31.5 Å². The van der Waals surface area contributed by atoms with Gasteiger partial charge in [0.25, 0.3) is 0 Å². The van der Waals surface area contributed by atoms with E-state index in [4.69, 9.17) is 10.4 Å². The maximum Gasteiger partial charge on any atom is 0.417 e. The molecule has 0 saturated carbocycles. The van der Waals surface area contributed by atoms with E-state index in [1.807, 2.05) is 6.07 Å². The first-order valence-electron chi connectivity index (χ1n) is 5.91.